The van der Waals surface area contributed by atoms with Gasteiger partial charge in [-0.25, -0.2) is 9.97 Å². The Morgan fingerprint density at radius 1 is 0.900 bits per heavy atom. The molecule has 2 unspecified atom stereocenters. The molecule has 1 aliphatic rings. The Hall–Kier alpha value is -3.00. The fourth-order valence-corrected chi connectivity index (χ4v) is 4.52. The first-order valence-electron chi connectivity index (χ1n) is 10.6. The van der Waals surface area contributed by atoms with Crippen molar-refractivity contribution in [2.75, 3.05) is 36.8 Å². The van der Waals surface area contributed by atoms with Crippen LogP contribution in [0.15, 0.2) is 24.3 Å². The van der Waals surface area contributed by atoms with Crippen LogP contribution in [0, 0.1) is 11.8 Å². The lowest BCUT2D eigenvalue weighted by Crippen LogP contribution is -2.39. The summed E-state index contributed by atoms with van der Waals surface area (Å²) in [6.07, 6.45) is 3.56. The number of nitrogens with two attached hydrogens (primary N) is 3. The lowest BCUT2D eigenvalue weighted by Gasteiger charge is -2.34. The van der Waals surface area contributed by atoms with Gasteiger partial charge in [-0.3, -0.25) is 0 Å². The summed E-state index contributed by atoms with van der Waals surface area (Å²) in [5, 5.41) is 0. The second-order valence-electron chi connectivity index (χ2n) is 8.60. The molecule has 8 nitrogen and oxygen atoms in total. The maximum absolute atomic E-state index is 6.12. The molecule has 3 heterocycles. The van der Waals surface area contributed by atoms with E-state index in [0.717, 1.165) is 36.8 Å². The van der Waals surface area contributed by atoms with Crippen LogP contribution >= 0.6 is 0 Å². The van der Waals surface area contributed by atoms with Gasteiger partial charge >= 0.3 is 0 Å². The molecule has 3 aromatic rings. The molecule has 2 atom stereocenters. The van der Waals surface area contributed by atoms with Crippen LogP contribution < -0.4 is 17.2 Å². The second kappa shape index (κ2) is 8.39. The molecule has 1 aliphatic heterocycles. The Morgan fingerprint density at radius 2 is 1.60 bits per heavy atom. The number of aryl methyl sites for hydroxylation is 1. The number of rotatable bonds is 5. The Bertz CT molecular complexity index is 1020. The van der Waals surface area contributed by atoms with E-state index in [2.05, 4.69) is 50.8 Å². The summed E-state index contributed by atoms with van der Waals surface area (Å²) in [7, 11) is 0. The number of benzene rings is 1. The molecule has 0 aliphatic carbocycles. The summed E-state index contributed by atoms with van der Waals surface area (Å²) in [6.45, 7) is 8.32. The van der Waals surface area contributed by atoms with Crippen molar-refractivity contribution in [1.29, 1.82) is 0 Å². The van der Waals surface area contributed by atoms with Gasteiger partial charge in [0, 0.05) is 18.7 Å². The summed E-state index contributed by atoms with van der Waals surface area (Å²) in [5.41, 5.74) is 21.2. The maximum atomic E-state index is 6.12. The summed E-state index contributed by atoms with van der Waals surface area (Å²) < 4.78 is 0. The van der Waals surface area contributed by atoms with Gasteiger partial charge in [0.25, 0.3) is 0 Å². The number of hydrogen-bond acceptors (Lipinski definition) is 8. The largest absolute Gasteiger partial charge is 0.382 e. The number of fused-ring (bicyclic) bond motifs is 1. The Balaban J connectivity index is 1.44. The smallest absolute Gasteiger partial charge is 0.224 e. The molecule has 30 heavy (non-hydrogen) atoms. The highest BCUT2D eigenvalue weighted by molar-refractivity contribution is 5.87. The van der Waals surface area contributed by atoms with Crippen molar-refractivity contribution >= 4 is 28.7 Å². The zero-order valence-corrected chi connectivity index (χ0v) is 17.7. The molecule has 2 aromatic heterocycles. The van der Waals surface area contributed by atoms with E-state index in [-0.39, 0.29) is 11.8 Å². The fourth-order valence-electron chi connectivity index (χ4n) is 4.52. The summed E-state index contributed by atoms with van der Waals surface area (Å²) in [4.78, 5) is 19.5. The molecule has 1 fully saturated rings. The van der Waals surface area contributed by atoms with Gasteiger partial charge in [0.15, 0.2) is 22.8 Å². The highest BCUT2D eigenvalue weighted by atomic mass is 15.1. The number of nitrogens with zero attached hydrogens (tertiary/aromatic N) is 5. The van der Waals surface area contributed by atoms with Gasteiger partial charge in [-0.2, -0.15) is 9.97 Å². The topological polar surface area (TPSA) is 133 Å². The molecule has 0 bridgehead atoms. The first-order chi connectivity index (χ1) is 14.4. The zero-order chi connectivity index (χ0) is 21.3. The minimum absolute atomic E-state index is 0.0549. The average Bonchev–Trinajstić information content (AvgIpc) is 2.67. The van der Waals surface area contributed by atoms with Crippen molar-refractivity contribution in [2.24, 2.45) is 11.8 Å². The third-order valence-electron chi connectivity index (χ3n) is 5.71. The van der Waals surface area contributed by atoms with Crippen LogP contribution in [0.25, 0.3) is 22.4 Å². The minimum Gasteiger partial charge on any atom is -0.382 e. The maximum Gasteiger partial charge on any atom is 0.224 e. The molecule has 0 radical (unpaired) electrons. The Morgan fingerprint density at radius 3 is 2.30 bits per heavy atom. The third-order valence-corrected chi connectivity index (χ3v) is 5.71. The van der Waals surface area contributed by atoms with Crippen molar-refractivity contribution in [2.45, 2.75) is 33.1 Å². The normalized spacial score (nSPS) is 19.9. The molecular formula is C22H30N8. The van der Waals surface area contributed by atoms with Gasteiger partial charge in [-0.1, -0.05) is 38.1 Å². The van der Waals surface area contributed by atoms with Crippen LogP contribution in [-0.2, 0) is 6.42 Å². The van der Waals surface area contributed by atoms with Crippen molar-refractivity contribution in [3.05, 3.63) is 29.8 Å². The van der Waals surface area contributed by atoms with E-state index in [1.807, 2.05) is 12.1 Å². The van der Waals surface area contributed by atoms with Crippen LogP contribution in [-0.4, -0.2) is 44.5 Å². The predicted molar refractivity (Wildman–Crippen MR) is 122 cm³/mol. The lowest BCUT2D eigenvalue weighted by atomic mass is 9.92. The van der Waals surface area contributed by atoms with Gasteiger partial charge in [0.05, 0.1) is 0 Å². The van der Waals surface area contributed by atoms with E-state index < -0.39 is 0 Å². The third kappa shape index (κ3) is 4.43. The number of aromatic nitrogens is 4. The summed E-state index contributed by atoms with van der Waals surface area (Å²) in [6, 6.07) is 8.32. The van der Waals surface area contributed by atoms with Crippen LogP contribution in [0.4, 0.5) is 17.6 Å². The molecule has 1 saturated heterocycles. The lowest BCUT2D eigenvalue weighted by molar-refractivity contribution is 0.140. The van der Waals surface area contributed by atoms with Gasteiger partial charge in [-0.05, 0) is 43.2 Å². The van der Waals surface area contributed by atoms with E-state index in [4.69, 9.17) is 17.2 Å². The van der Waals surface area contributed by atoms with Crippen molar-refractivity contribution in [3.63, 3.8) is 0 Å². The quantitative estimate of drug-likeness (QED) is 0.589. The van der Waals surface area contributed by atoms with Crippen LogP contribution in [0.1, 0.15) is 32.3 Å². The first kappa shape index (κ1) is 20.3. The van der Waals surface area contributed by atoms with Crippen molar-refractivity contribution in [3.8, 4) is 11.3 Å². The number of nitrogen functional groups attached to an aromatic ring is 3. The predicted octanol–water partition coefficient (Wildman–Crippen LogP) is 2.74. The van der Waals surface area contributed by atoms with Gasteiger partial charge in [-0.15, -0.1) is 0 Å². The van der Waals surface area contributed by atoms with E-state index in [9.17, 15) is 0 Å². The SMILES string of the molecule is CC1CC(C)CN(CCCc2ccc(-c3nc4c(N)nc(N)nc4nc3N)cc2)C1. The van der Waals surface area contributed by atoms with Crippen molar-refractivity contribution in [1.82, 2.24) is 24.8 Å². The standard InChI is InChI=1S/C22H30N8/c1-13-10-14(2)12-30(11-13)9-3-4-15-5-7-16(8-6-15)17-19(23)27-21-18(26-17)20(24)28-22(25)29-21/h5-8,13-14H,3-4,9-12H2,1-2H3,(H6,23,24,25,27,28,29). The number of likely N-dealkylation sites (tertiary alicyclic amines) is 1. The minimum atomic E-state index is 0.0549. The molecule has 0 spiro atoms. The van der Waals surface area contributed by atoms with Crippen LogP contribution in [0.5, 0.6) is 0 Å². The van der Waals surface area contributed by atoms with E-state index >= 15 is 0 Å². The molecule has 0 saturated carbocycles. The molecule has 158 valence electrons. The molecule has 8 heteroatoms. The molecule has 1 aromatic carbocycles. The molecule has 0 amide bonds. The number of piperidine rings is 1. The second-order valence-corrected chi connectivity index (χ2v) is 8.60. The fraction of sp³-hybridized carbons (Fsp3) is 0.455. The first-order valence-corrected chi connectivity index (χ1v) is 10.6. The van der Waals surface area contributed by atoms with E-state index in [1.54, 1.807) is 0 Å². The Labute approximate surface area is 176 Å². The highest BCUT2D eigenvalue weighted by Crippen LogP contribution is 2.27. The van der Waals surface area contributed by atoms with Crippen LogP contribution in [0.3, 0.4) is 0 Å². The monoisotopic (exact) mass is 406 g/mol. The van der Waals surface area contributed by atoms with E-state index in [0.29, 0.717) is 22.7 Å². The molecular weight excluding hydrogens is 376 g/mol. The number of hydrogen-bond donors (Lipinski definition) is 3. The average molecular weight is 407 g/mol. The van der Waals surface area contributed by atoms with Crippen LogP contribution in [0.2, 0.25) is 0 Å². The molecule has 6 N–H and O–H groups in total. The van der Waals surface area contributed by atoms with Gasteiger partial charge < -0.3 is 22.1 Å². The highest BCUT2D eigenvalue weighted by Gasteiger charge is 2.21. The van der Waals surface area contributed by atoms with Gasteiger partial charge in [0.2, 0.25) is 5.95 Å². The zero-order valence-electron chi connectivity index (χ0n) is 17.7. The Kier molecular flexibility index (Phi) is 5.67. The van der Waals surface area contributed by atoms with Gasteiger partial charge in [0.1, 0.15) is 5.69 Å². The summed E-state index contributed by atoms with van der Waals surface area (Å²) >= 11 is 0. The summed E-state index contributed by atoms with van der Waals surface area (Å²) in [5.74, 6) is 2.15. The van der Waals surface area contributed by atoms with Crippen molar-refractivity contribution < 1.29 is 0 Å². The number of anilines is 3. The van der Waals surface area contributed by atoms with E-state index in [1.165, 1.54) is 25.1 Å². The molecule has 4 rings (SSSR count).